The predicted octanol–water partition coefficient (Wildman–Crippen LogP) is 0.901. The molecule has 0 saturated carbocycles. The quantitative estimate of drug-likeness (QED) is 0.676. The third-order valence-electron chi connectivity index (χ3n) is 1.37. The number of hydrogen-bond donors (Lipinski definition) is 1. The SMILES string of the molecule is COCC(C)(OC(C)C)C(=O)O. The lowest BCUT2D eigenvalue weighted by Gasteiger charge is -2.26. The van der Waals surface area contributed by atoms with Crippen LogP contribution in [0.4, 0.5) is 0 Å². The highest BCUT2D eigenvalue weighted by Gasteiger charge is 2.35. The van der Waals surface area contributed by atoms with Gasteiger partial charge in [0.25, 0.3) is 0 Å². The Kier molecular flexibility index (Phi) is 4.20. The molecule has 0 aliphatic carbocycles. The van der Waals surface area contributed by atoms with E-state index in [0.29, 0.717) is 0 Å². The number of hydrogen-bond acceptors (Lipinski definition) is 3. The molecule has 0 aliphatic rings. The molecule has 12 heavy (non-hydrogen) atoms. The van der Waals surface area contributed by atoms with Gasteiger partial charge in [-0.25, -0.2) is 4.79 Å². The Morgan fingerprint density at radius 1 is 1.58 bits per heavy atom. The zero-order chi connectivity index (χ0) is 9.78. The first-order valence-electron chi connectivity index (χ1n) is 3.82. The van der Waals surface area contributed by atoms with Crippen molar-refractivity contribution in [1.29, 1.82) is 0 Å². The molecule has 0 bridgehead atoms. The molecule has 72 valence electrons. The molecule has 0 amide bonds. The van der Waals surface area contributed by atoms with E-state index in [2.05, 4.69) is 0 Å². The van der Waals surface area contributed by atoms with Crippen molar-refractivity contribution in [1.82, 2.24) is 0 Å². The van der Waals surface area contributed by atoms with Gasteiger partial charge in [0.05, 0.1) is 12.7 Å². The molecule has 0 spiro atoms. The van der Waals surface area contributed by atoms with Gasteiger partial charge in [0.15, 0.2) is 5.60 Å². The van der Waals surface area contributed by atoms with E-state index >= 15 is 0 Å². The van der Waals surface area contributed by atoms with E-state index in [0.717, 1.165) is 0 Å². The highest BCUT2D eigenvalue weighted by atomic mass is 16.6. The summed E-state index contributed by atoms with van der Waals surface area (Å²) < 4.78 is 9.98. The molecule has 0 rings (SSSR count). The average molecular weight is 176 g/mol. The normalized spacial score (nSPS) is 16.1. The fraction of sp³-hybridized carbons (Fsp3) is 0.875. The van der Waals surface area contributed by atoms with Crippen molar-refractivity contribution >= 4 is 5.97 Å². The van der Waals surface area contributed by atoms with Crippen LogP contribution < -0.4 is 0 Å². The Hall–Kier alpha value is -0.610. The van der Waals surface area contributed by atoms with E-state index in [4.69, 9.17) is 14.6 Å². The van der Waals surface area contributed by atoms with Crippen LogP contribution in [0.1, 0.15) is 20.8 Å². The van der Waals surface area contributed by atoms with Crippen LogP contribution in [0.5, 0.6) is 0 Å². The van der Waals surface area contributed by atoms with Crippen molar-refractivity contribution in [3.8, 4) is 0 Å². The van der Waals surface area contributed by atoms with E-state index in [1.54, 1.807) is 13.8 Å². The van der Waals surface area contributed by atoms with Crippen LogP contribution in [0.25, 0.3) is 0 Å². The first-order valence-corrected chi connectivity index (χ1v) is 3.82. The third-order valence-corrected chi connectivity index (χ3v) is 1.37. The van der Waals surface area contributed by atoms with Crippen LogP contribution in [0, 0.1) is 0 Å². The van der Waals surface area contributed by atoms with Crippen LogP contribution in [-0.4, -0.2) is 36.5 Å². The Morgan fingerprint density at radius 3 is 2.33 bits per heavy atom. The monoisotopic (exact) mass is 176 g/mol. The number of carboxylic acid groups (broad SMARTS) is 1. The first-order chi connectivity index (χ1) is 5.42. The zero-order valence-corrected chi connectivity index (χ0v) is 7.96. The summed E-state index contributed by atoms with van der Waals surface area (Å²) in [7, 11) is 1.45. The van der Waals surface area contributed by atoms with Crippen molar-refractivity contribution < 1.29 is 19.4 Å². The van der Waals surface area contributed by atoms with Gasteiger partial charge in [0.2, 0.25) is 0 Å². The maximum atomic E-state index is 10.7. The molecule has 1 atom stereocenters. The van der Waals surface area contributed by atoms with Crippen LogP contribution in [0.2, 0.25) is 0 Å². The molecule has 1 unspecified atom stereocenters. The third kappa shape index (κ3) is 3.19. The second-order valence-electron chi connectivity index (χ2n) is 3.14. The summed E-state index contributed by atoms with van der Waals surface area (Å²) in [4.78, 5) is 10.7. The summed E-state index contributed by atoms with van der Waals surface area (Å²) in [5.74, 6) is -1.00. The molecule has 0 heterocycles. The van der Waals surface area contributed by atoms with E-state index in [1.165, 1.54) is 14.0 Å². The van der Waals surface area contributed by atoms with Gasteiger partial charge in [0.1, 0.15) is 0 Å². The maximum Gasteiger partial charge on any atom is 0.338 e. The van der Waals surface area contributed by atoms with Crippen LogP contribution >= 0.6 is 0 Å². The second kappa shape index (κ2) is 4.42. The Labute approximate surface area is 72.5 Å². The van der Waals surface area contributed by atoms with Crippen molar-refractivity contribution in [2.45, 2.75) is 32.5 Å². The summed E-state index contributed by atoms with van der Waals surface area (Å²) in [6, 6.07) is 0. The standard InChI is InChI=1S/C8H16O4/c1-6(2)12-8(3,5-11-4)7(9)10/h6H,5H2,1-4H3,(H,9,10). The summed E-state index contributed by atoms with van der Waals surface area (Å²) in [5, 5.41) is 8.81. The lowest BCUT2D eigenvalue weighted by molar-refractivity contribution is -0.176. The maximum absolute atomic E-state index is 10.7. The molecule has 0 aromatic heterocycles. The predicted molar refractivity (Wildman–Crippen MR) is 44.1 cm³/mol. The van der Waals surface area contributed by atoms with Crippen molar-refractivity contribution in [2.75, 3.05) is 13.7 Å². The topological polar surface area (TPSA) is 55.8 Å². The number of carbonyl (C=O) groups is 1. The van der Waals surface area contributed by atoms with Crippen molar-refractivity contribution in [2.24, 2.45) is 0 Å². The Balaban J connectivity index is 4.28. The molecular formula is C8H16O4. The van der Waals surface area contributed by atoms with E-state index in [1.807, 2.05) is 0 Å². The molecule has 0 aliphatic heterocycles. The minimum absolute atomic E-state index is 0.0561. The van der Waals surface area contributed by atoms with E-state index < -0.39 is 11.6 Å². The first kappa shape index (κ1) is 11.4. The summed E-state index contributed by atoms with van der Waals surface area (Å²) in [6.45, 7) is 5.13. The van der Waals surface area contributed by atoms with Gasteiger partial charge < -0.3 is 14.6 Å². The van der Waals surface area contributed by atoms with Crippen LogP contribution in [-0.2, 0) is 14.3 Å². The van der Waals surface area contributed by atoms with Gasteiger partial charge >= 0.3 is 5.97 Å². The highest BCUT2D eigenvalue weighted by molar-refractivity contribution is 5.77. The second-order valence-corrected chi connectivity index (χ2v) is 3.14. The van der Waals surface area contributed by atoms with Gasteiger partial charge in [-0.1, -0.05) is 0 Å². The number of methoxy groups -OCH3 is 1. The van der Waals surface area contributed by atoms with Crippen molar-refractivity contribution in [3.63, 3.8) is 0 Å². The summed E-state index contributed by atoms with van der Waals surface area (Å²) in [6.07, 6.45) is -0.124. The molecule has 0 radical (unpaired) electrons. The smallest absolute Gasteiger partial charge is 0.338 e. The molecule has 0 fully saturated rings. The molecular weight excluding hydrogens is 160 g/mol. The number of aliphatic carboxylic acids is 1. The molecule has 0 saturated heterocycles. The van der Waals surface area contributed by atoms with Crippen molar-refractivity contribution in [3.05, 3.63) is 0 Å². The van der Waals surface area contributed by atoms with Gasteiger partial charge in [-0.3, -0.25) is 0 Å². The van der Waals surface area contributed by atoms with Gasteiger partial charge in [-0.15, -0.1) is 0 Å². The number of ether oxygens (including phenoxy) is 2. The number of rotatable bonds is 5. The summed E-state index contributed by atoms with van der Waals surface area (Å²) >= 11 is 0. The minimum Gasteiger partial charge on any atom is -0.479 e. The Bertz CT molecular complexity index is 155. The molecule has 0 aromatic rings. The molecule has 4 heteroatoms. The largest absolute Gasteiger partial charge is 0.479 e. The molecule has 1 N–H and O–H groups in total. The highest BCUT2D eigenvalue weighted by Crippen LogP contribution is 2.13. The van der Waals surface area contributed by atoms with Gasteiger partial charge in [-0.2, -0.15) is 0 Å². The number of carboxylic acids is 1. The molecule has 0 aromatic carbocycles. The van der Waals surface area contributed by atoms with Gasteiger partial charge in [-0.05, 0) is 20.8 Å². The zero-order valence-electron chi connectivity index (χ0n) is 7.96. The van der Waals surface area contributed by atoms with E-state index in [-0.39, 0.29) is 12.7 Å². The fourth-order valence-electron chi connectivity index (χ4n) is 0.942. The van der Waals surface area contributed by atoms with E-state index in [9.17, 15) is 4.79 Å². The van der Waals surface area contributed by atoms with Crippen LogP contribution in [0.15, 0.2) is 0 Å². The lowest BCUT2D eigenvalue weighted by Crippen LogP contribution is -2.44. The molecule has 4 nitrogen and oxygen atoms in total. The Morgan fingerprint density at radius 2 is 2.08 bits per heavy atom. The van der Waals surface area contributed by atoms with Gasteiger partial charge in [0, 0.05) is 7.11 Å². The summed E-state index contributed by atoms with van der Waals surface area (Å²) in [5.41, 5.74) is -1.23. The average Bonchev–Trinajstić information content (AvgIpc) is 1.85. The fourth-order valence-corrected chi connectivity index (χ4v) is 0.942. The lowest BCUT2D eigenvalue weighted by atomic mass is 10.1. The minimum atomic E-state index is -1.23. The van der Waals surface area contributed by atoms with Crippen LogP contribution in [0.3, 0.4) is 0 Å².